The summed E-state index contributed by atoms with van der Waals surface area (Å²) in [6.45, 7) is 2.82. The van der Waals surface area contributed by atoms with Crippen LogP contribution in [0.3, 0.4) is 0 Å². The molecule has 1 aromatic carbocycles. The Bertz CT molecular complexity index is 498. The minimum atomic E-state index is 0.508. The zero-order valence-electron chi connectivity index (χ0n) is 8.40. The van der Waals surface area contributed by atoms with Crippen LogP contribution in [-0.4, -0.2) is 11.6 Å². The van der Waals surface area contributed by atoms with Crippen LogP contribution < -0.4 is 15.9 Å². The highest BCUT2D eigenvalue weighted by Gasteiger charge is 2.07. The molecule has 0 fully saturated rings. The summed E-state index contributed by atoms with van der Waals surface area (Å²) >= 11 is 0. The Morgan fingerprint density at radius 3 is 3.00 bits per heavy atom. The molecule has 0 saturated carbocycles. The Labute approximate surface area is 87.1 Å². The van der Waals surface area contributed by atoms with Gasteiger partial charge in [0.15, 0.2) is 0 Å². The number of nitrogens with one attached hydrogen (secondary N) is 1. The van der Waals surface area contributed by atoms with Crippen LogP contribution in [0.5, 0.6) is 0 Å². The molecule has 0 aliphatic carbocycles. The number of hydrogen-bond donors (Lipinski definition) is 2. The van der Waals surface area contributed by atoms with Gasteiger partial charge in [-0.05, 0) is 19.1 Å². The molecule has 0 amide bonds. The number of hydrogen-bond acceptors (Lipinski definition) is 4. The van der Waals surface area contributed by atoms with E-state index in [1.807, 2.05) is 13.0 Å². The predicted molar refractivity (Wildman–Crippen MR) is 59.3 cm³/mol. The van der Waals surface area contributed by atoms with Crippen molar-refractivity contribution in [2.45, 2.75) is 6.92 Å². The van der Waals surface area contributed by atoms with Gasteiger partial charge in [-0.3, -0.25) is 0 Å². The van der Waals surface area contributed by atoms with Crippen LogP contribution in [-0.2, 0) is 0 Å². The normalized spacial score (nSPS) is 10.5. The van der Waals surface area contributed by atoms with E-state index in [1.54, 1.807) is 6.07 Å². The fourth-order valence-electron chi connectivity index (χ4n) is 1.54. The summed E-state index contributed by atoms with van der Waals surface area (Å²) in [5, 5.41) is 19.5. The number of benzene rings is 1. The van der Waals surface area contributed by atoms with E-state index in [1.165, 1.54) is 12.4 Å². The van der Waals surface area contributed by atoms with E-state index in [0.29, 0.717) is 10.5 Å². The first kappa shape index (κ1) is 9.51. The highest BCUT2D eigenvalue weighted by molar-refractivity contribution is 5.99. The number of nitrogens with two attached hydrogens (primary N) is 1. The zero-order chi connectivity index (χ0) is 10.8. The van der Waals surface area contributed by atoms with Crippen LogP contribution in [0.4, 0.5) is 11.4 Å². The van der Waals surface area contributed by atoms with Crippen molar-refractivity contribution in [2.75, 3.05) is 17.6 Å². The first-order chi connectivity index (χ1) is 7.22. The topological polar surface area (TPSA) is 77.9 Å². The van der Waals surface area contributed by atoms with Crippen LogP contribution in [0, 0.1) is 5.21 Å². The van der Waals surface area contributed by atoms with Crippen LogP contribution in [0.1, 0.15) is 6.92 Å². The summed E-state index contributed by atoms with van der Waals surface area (Å²) < 4.78 is 0. The monoisotopic (exact) mass is 204 g/mol. The smallest absolute Gasteiger partial charge is 0.219 e. The highest BCUT2D eigenvalue weighted by atomic mass is 16.5. The van der Waals surface area contributed by atoms with Gasteiger partial charge in [0.2, 0.25) is 6.20 Å². The van der Waals surface area contributed by atoms with Gasteiger partial charge in [-0.1, -0.05) is 4.85 Å². The lowest BCUT2D eigenvalue weighted by atomic mass is 10.1. The molecule has 2 aromatic rings. The van der Waals surface area contributed by atoms with E-state index >= 15 is 0 Å². The number of rotatable bonds is 2. The molecule has 0 aliphatic heterocycles. The van der Waals surface area contributed by atoms with Crippen LogP contribution >= 0.6 is 0 Å². The molecule has 0 atom stereocenters. The third kappa shape index (κ3) is 1.63. The summed E-state index contributed by atoms with van der Waals surface area (Å²) in [5.41, 5.74) is 7.30. The number of fused-ring (bicyclic) bond motifs is 1. The zero-order valence-corrected chi connectivity index (χ0v) is 8.40. The van der Waals surface area contributed by atoms with E-state index < -0.39 is 0 Å². The molecular formula is C10H12N4O. The van der Waals surface area contributed by atoms with Gasteiger partial charge in [-0.2, -0.15) is 0 Å². The lowest BCUT2D eigenvalue weighted by Gasteiger charge is -2.08. The average Bonchev–Trinajstić information content (AvgIpc) is 2.23. The van der Waals surface area contributed by atoms with Gasteiger partial charge < -0.3 is 16.3 Å². The SMILES string of the molecule is CCNc1ccc(N)c2c[n+]([O-])ncc12. The summed E-state index contributed by atoms with van der Waals surface area (Å²) in [5.74, 6) is 0. The standard InChI is InChI=1S/C10H12N4O/c1-2-12-10-4-3-9(11)8-6-14(15)13-5-7(8)10/h3-6,12H,2,11H2,1H3. The minimum Gasteiger partial charge on any atom is -0.594 e. The van der Waals surface area contributed by atoms with E-state index in [4.69, 9.17) is 5.73 Å². The summed E-state index contributed by atoms with van der Waals surface area (Å²) in [4.78, 5) is 0.508. The van der Waals surface area contributed by atoms with Crippen LogP contribution in [0.2, 0.25) is 0 Å². The molecule has 0 saturated heterocycles. The molecule has 1 aromatic heterocycles. The van der Waals surface area contributed by atoms with Crippen molar-refractivity contribution in [2.24, 2.45) is 0 Å². The van der Waals surface area contributed by atoms with Crippen molar-refractivity contribution in [3.63, 3.8) is 0 Å². The molecule has 3 N–H and O–H groups in total. The van der Waals surface area contributed by atoms with Crippen molar-refractivity contribution >= 4 is 22.1 Å². The quantitative estimate of drug-likeness (QED) is 0.432. The van der Waals surface area contributed by atoms with E-state index in [-0.39, 0.29) is 0 Å². The third-order valence-corrected chi connectivity index (χ3v) is 2.23. The first-order valence-electron chi connectivity index (χ1n) is 4.74. The Balaban J connectivity index is 2.71. The highest BCUT2D eigenvalue weighted by Crippen LogP contribution is 2.26. The average molecular weight is 204 g/mol. The number of nitrogens with zero attached hydrogens (tertiary/aromatic N) is 2. The molecule has 2 rings (SSSR count). The van der Waals surface area contributed by atoms with Crippen molar-refractivity contribution in [3.05, 3.63) is 29.7 Å². The Kier molecular flexibility index (Phi) is 2.29. The third-order valence-electron chi connectivity index (χ3n) is 2.23. The fourth-order valence-corrected chi connectivity index (χ4v) is 1.54. The minimum absolute atomic E-state index is 0.508. The van der Waals surface area contributed by atoms with Crippen LogP contribution in [0.15, 0.2) is 24.5 Å². The van der Waals surface area contributed by atoms with Crippen molar-refractivity contribution in [1.29, 1.82) is 0 Å². The Morgan fingerprint density at radius 2 is 2.27 bits per heavy atom. The summed E-state index contributed by atoms with van der Waals surface area (Å²) in [6.07, 6.45) is 2.90. The fraction of sp³-hybridized carbons (Fsp3) is 0.200. The lowest BCUT2D eigenvalue weighted by molar-refractivity contribution is -0.667. The molecule has 15 heavy (non-hydrogen) atoms. The second kappa shape index (κ2) is 3.61. The molecule has 0 bridgehead atoms. The largest absolute Gasteiger partial charge is 0.594 e. The van der Waals surface area contributed by atoms with Gasteiger partial charge in [0.05, 0.1) is 5.39 Å². The molecule has 5 heteroatoms. The van der Waals surface area contributed by atoms with Gasteiger partial charge >= 0.3 is 0 Å². The van der Waals surface area contributed by atoms with Gasteiger partial charge in [0.25, 0.3) is 0 Å². The number of anilines is 2. The predicted octanol–water partition coefficient (Wildman–Crippen LogP) is 0.882. The maximum Gasteiger partial charge on any atom is 0.219 e. The Hall–Kier alpha value is -2.04. The van der Waals surface area contributed by atoms with E-state index in [9.17, 15) is 5.21 Å². The number of aromatic nitrogens is 2. The second-order valence-electron chi connectivity index (χ2n) is 3.24. The van der Waals surface area contributed by atoms with E-state index in [0.717, 1.165) is 23.0 Å². The number of nitrogen functional groups attached to an aromatic ring is 1. The molecule has 0 unspecified atom stereocenters. The van der Waals surface area contributed by atoms with Crippen molar-refractivity contribution in [3.8, 4) is 0 Å². The van der Waals surface area contributed by atoms with Crippen molar-refractivity contribution < 1.29 is 4.85 Å². The van der Waals surface area contributed by atoms with Gasteiger partial charge in [0.1, 0.15) is 6.20 Å². The molecule has 0 spiro atoms. The molecule has 0 radical (unpaired) electrons. The second-order valence-corrected chi connectivity index (χ2v) is 3.24. The van der Waals surface area contributed by atoms with Gasteiger partial charge in [-0.15, -0.1) is 0 Å². The molecule has 1 heterocycles. The van der Waals surface area contributed by atoms with Crippen molar-refractivity contribution in [1.82, 2.24) is 5.10 Å². The lowest BCUT2D eigenvalue weighted by Crippen LogP contribution is -2.29. The summed E-state index contributed by atoms with van der Waals surface area (Å²) in [7, 11) is 0. The van der Waals surface area contributed by atoms with Gasteiger partial charge in [0, 0.05) is 28.4 Å². The molecule has 0 aliphatic rings. The maximum absolute atomic E-state index is 11.0. The Morgan fingerprint density at radius 1 is 1.47 bits per heavy atom. The molecule has 78 valence electrons. The maximum atomic E-state index is 11.0. The van der Waals surface area contributed by atoms with Gasteiger partial charge in [-0.25, -0.2) is 0 Å². The molecule has 5 nitrogen and oxygen atoms in total. The van der Waals surface area contributed by atoms with Crippen LogP contribution in [0.25, 0.3) is 10.8 Å². The first-order valence-corrected chi connectivity index (χ1v) is 4.74. The van der Waals surface area contributed by atoms with E-state index in [2.05, 4.69) is 10.4 Å². The summed E-state index contributed by atoms with van der Waals surface area (Å²) in [6, 6.07) is 3.66. The molecular weight excluding hydrogens is 192 g/mol.